The van der Waals surface area contributed by atoms with E-state index in [4.69, 9.17) is 19.9 Å². The first-order chi connectivity index (χ1) is 24.5. The number of rotatable bonds is 15. The van der Waals surface area contributed by atoms with Gasteiger partial charge in [-0.1, -0.05) is 24.3 Å². The largest absolute Gasteiger partial charge is 0.488 e. The van der Waals surface area contributed by atoms with Crippen LogP contribution >= 0.6 is 11.3 Å². The average Bonchev–Trinajstić information content (AvgIpc) is 3.66. The Morgan fingerprint density at radius 2 is 1.90 bits per heavy atom. The lowest BCUT2D eigenvalue weighted by atomic mass is 10.0. The van der Waals surface area contributed by atoms with Gasteiger partial charge in [-0.3, -0.25) is 19.2 Å². The lowest BCUT2D eigenvalue weighted by molar-refractivity contribution is -0.387. The third kappa shape index (κ3) is 9.02. The number of hydrogen-bond donors (Lipinski definition) is 2. The molecular formula is C35H38FN5O9S2. The number of ether oxygens (including phenoxy) is 3. The molecule has 4 aromatic rings. The van der Waals surface area contributed by atoms with Crippen molar-refractivity contribution in [2.45, 2.75) is 63.6 Å². The molecule has 1 atom stereocenters. The molecule has 2 amide bonds. The minimum absolute atomic E-state index is 0.0312. The first-order valence-electron chi connectivity index (χ1n) is 16.2. The normalized spacial score (nSPS) is 13.4. The van der Waals surface area contributed by atoms with Gasteiger partial charge in [0.1, 0.15) is 12.2 Å². The van der Waals surface area contributed by atoms with Crippen molar-refractivity contribution >= 4 is 49.9 Å². The number of sulfonamides is 1. The van der Waals surface area contributed by atoms with Crippen LogP contribution in [0, 0.1) is 22.9 Å². The van der Waals surface area contributed by atoms with Crippen molar-refractivity contribution in [3.05, 3.63) is 92.6 Å². The van der Waals surface area contributed by atoms with E-state index in [0.717, 1.165) is 22.1 Å². The summed E-state index contributed by atoms with van der Waals surface area (Å²) in [5.41, 5.74) is 6.82. The summed E-state index contributed by atoms with van der Waals surface area (Å²) in [6.45, 7) is 7.40. The number of benzene rings is 3. The number of aromatic nitrogens is 1. The quantitative estimate of drug-likeness (QED) is 0.0808. The number of anilines is 2. The number of primary amides is 1. The molecule has 3 N–H and O–H groups in total. The highest BCUT2D eigenvalue weighted by molar-refractivity contribution is 7.93. The van der Waals surface area contributed by atoms with Crippen LogP contribution in [0.3, 0.4) is 0 Å². The summed E-state index contributed by atoms with van der Waals surface area (Å²) < 4.78 is 59.0. The number of nitrogens with two attached hydrogens (primary N) is 1. The summed E-state index contributed by atoms with van der Waals surface area (Å²) >= 11 is 1.27. The fraction of sp³-hybridized carbons (Fsp3) is 0.343. The summed E-state index contributed by atoms with van der Waals surface area (Å²) in [5, 5.41) is 14.7. The van der Waals surface area contributed by atoms with Crippen molar-refractivity contribution in [1.82, 2.24) is 4.98 Å². The highest BCUT2D eigenvalue weighted by Gasteiger charge is 2.35. The maximum atomic E-state index is 14.5. The predicted molar refractivity (Wildman–Crippen MR) is 193 cm³/mol. The van der Waals surface area contributed by atoms with Gasteiger partial charge >= 0.3 is 6.09 Å². The lowest BCUT2D eigenvalue weighted by Gasteiger charge is -2.27. The summed E-state index contributed by atoms with van der Waals surface area (Å²) in [4.78, 5) is 39.9. The molecule has 1 unspecified atom stereocenters. The Balaban J connectivity index is 1.19. The van der Waals surface area contributed by atoms with E-state index >= 15 is 0 Å². The Morgan fingerprint density at radius 3 is 2.63 bits per heavy atom. The third-order valence-corrected chi connectivity index (χ3v) is 10.9. The number of halogens is 1. The molecule has 2 heterocycles. The fourth-order valence-corrected chi connectivity index (χ4v) is 8.53. The second kappa shape index (κ2) is 15.6. The lowest BCUT2D eigenvalue weighted by Crippen LogP contribution is -2.35. The van der Waals surface area contributed by atoms with Crippen molar-refractivity contribution in [2.24, 2.45) is 5.73 Å². The minimum atomic E-state index is -4.19. The average molecular weight is 756 g/mol. The van der Waals surface area contributed by atoms with Crippen LogP contribution in [0.4, 0.5) is 25.7 Å². The van der Waals surface area contributed by atoms with Crippen LogP contribution in [0.5, 0.6) is 5.75 Å². The molecule has 1 aromatic heterocycles. The summed E-state index contributed by atoms with van der Waals surface area (Å²) in [6.07, 6.45) is -0.454. The fourth-order valence-electron chi connectivity index (χ4n) is 6.01. The van der Waals surface area contributed by atoms with Gasteiger partial charge in [0, 0.05) is 29.5 Å². The van der Waals surface area contributed by atoms with Gasteiger partial charge in [0.25, 0.3) is 15.7 Å². The van der Waals surface area contributed by atoms with Gasteiger partial charge in [0.2, 0.25) is 5.91 Å². The second-order valence-corrected chi connectivity index (χ2v) is 15.8. The number of hydrogen-bond acceptors (Lipinski definition) is 11. The van der Waals surface area contributed by atoms with Gasteiger partial charge < -0.3 is 25.3 Å². The van der Waals surface area contributed by atoms with Crippen molar-refractivity contribution < 1.29 is 41.5 Å². The molecule has 5 rings (SSSR count). The zero-order chi connectivity index (χ0) is 37.8. The molecule has 0 saturated carbocycles. The molecule has 0 saturated heterocycles. The summed E-state index contributed by atoms with van der Waals surface area (Å²) in [6, 6.07) is 14.6. The van der Waals surface area contributed by atoms with E-state index in [1.807, 2.05) is 13.0 Å². The third-order valence-electron chi connectivity index (χ3n) is 8.14. The number of nitro groups is 1. The van der Waals surface area contributed by atoms with Crippen molar-refractivity contribution in [1.29, 1.82) is 0 Å². The second-order valence-electron chi connectivity index (χ2n) is 12.7. The Labute approximate surface area is 303 Å². The van der Waals surface area contributed by atoms with Crippen molar-refractivity contribution in [3.8, 4) is 17.0 Å². The van der Waals surface area contributed by atoms with Crippen LogP contribution in [0.15, 0.2) is 65.6 Å². The number of nitrogens with zero attached hydrogens (tertiary/aromatic N) is 3. The molecule has 17 heteroatoms. The number of carbonyl (C=O) groups excluding carboxylic acids is 2. The Kier molecular flexibility index (Phi) is 11.5. The summed E-state index contributed by atoms with van der Waals surface area (Å²) in [7, 11) is -4.19. The summed E-state index contributed by atoms with van der Waals surface area (Å²) in [5.74, 6) is -0.998. The molecule has 0 spiro atoms. The number of para-hydroxylation sites is 1. The monoisotopic (exact) mass is 755 g/mol. The predicted octanol–water partition coefficient (Wildman–Crippen LogP) is 6.15. The smallest absolute Gasteiger partial charge is 0.405 e. The highest BCUT2D eigenvalue weighted by atomic mass is 32.2. The maximum Gasteiger partial charge on any atom is 0.405 e. The number of aryl methyl sites for hydroxylation is 1. The first-order valence-corrected chi connectivity index (χ1v) is 18.5. The van der Waals surface area contributed by atoms with Crippen LogP contribution in [0.25, 0.3) is 11.3 Å². The topological polar surface area (TPSA) is 193 Å². The van der Waals surface area contributed by atoms with E-state index in [9.17, 15) is 32.5 Å². The number of fused-ring (bicyclic) bond motifs is 1. The zero-order valence-corrected chi connectivity index (χ0v) is 30.5. The zero-order valence-electron chi connectivity index (χ0n) is 28.9. The Hall–Kier alpha value is -5.13. The number of carbonyl (C=O) groups is 2. The molecule has 3 aromatic carbocycles. The molecule has 276 valence electrons. The molecule has 1 aliphatic rings. The molecule has 1 aliphatic heterocycles. The van der Waals surface area contributed by atoms with Crippen LogP contribution in [0.1, 0.15) is 43.2 Å². The van der Waals surface area contributed by atoms with Crippen LogP contribution < -0.4 is 20.1 Å². The van der Waals surface area contributed by atoms with Gasteiger partial charge in [-0.25, -0.2) is 22.6 Å². The van der Waals surface area contributed by atoms with E-state index in [-0.39, 0.29) is 48.8 Å². The van der Waals surface area contributed by atoms with Crippen LogP contribution in [-0.2, 0) is 37.1 Å². The van der Waals surface area contributed by atoms with Gasteiger partial charge in [-0.2, -0.15) is 0 Å². The minimum Gasteiger partial charge on any atom is -0.488 e. The number of amides is 2. The van der Waals surface area contributed by atoms with E-state index in [1.54, 1.807) is 32.9 Å². The van der Waals surface area contributed by atoms with Crippen molar-refractivity contribution in [3.63, 3.8) is 0 Å². The molecular weight excluding hydrogens is 718 g/mol. The van der Waals surface area contributed by atoms with Gasteiger partial charge in [-0.05, 0) is 75.6 Å². The van der Waals surface area contributed by atoms with Gasteiger partial charge in [-0.15, -0.1) is 11.3 Å². The Morgan fingerprint density at radius 1 is 1.15 bits per heavy atom. The van der Waals surface area contributed by atoms with Gasteiger partial charge in [0.15, 0.2) is 21.6 Å². The molecule has 0 fully saturated rings. The number of nitrogens with one attached hydrogen (secondary N) is 1. The molecule has 0 aliphatic carbocycles. The standard InChI is InChI=1S/C35H38FN5O9S2/c1-21(20-35(3,4)50-33(37)43)48-15-16-49-29-17-23(9-11-26(29)36)18-31(42)38-34-39-32(22(2)51-34)25-10-12-27-24(19-25)13-14-40(27)52(46,47)30-8-6-5-7-28(30)41(44)45/h5-12,17,19,21H,13-16,18,20H2,1-4H3,(H2,37,43)(H,38,39,42). The van der Waals surface area contributed by atoms with E-state index < -0.39 is 38.1 Å². The van der Waals surface area contributed by atoms with E-state index in [1.165, 1.54) is 52.0 Å². The molecule has 0 radical (unpaired) electrons. The first kappa shape index (κ1) is 38.1. The molecule has 52 heavy (non-hydrogen) atoms. The maximum absolute atomic E-state index is 14.5. The van der Waals surface area contributed by atoms with E-state index in [2.05, 4.69) is 10.3 Å². The molecule has 0 bridgehead atoms. The van der Waals surface area contributed by atoms with Crippen molar-refractivity contribution in [2.75, 3.05) is 29.4 Å². The number of nitro benzene ring substituents is 1. The van der Waals surface area contributed by atoms with Gasteiger partial charge in [0.05, 0.1) is 35.4 Å². The highest BCUT2D eigenvalue weighted by Crippen LogP contribution is 2.39. The Bertz CT molecular complexity index is 2110. The van der Waals surface area contributed by atoms with Crippen LogP contribution in [0.2, 0.25) is 0 Å². The van der Waals surface area contributed by atoms with Crippen LogP contribution in [-0.4, -0.2) is 61.8 Å². The molecule has 14 nitrogen and oxygen atoms in total. The number of thiazole rings is 1. The van der Waals surface area contributed by atoms with E-state index in [0.29, 0.717) is 34.9 Å². The SMILES string of the molecule is Cc1sc(NC(=O)Cc2ccc(F)c(OCCOC(C)CC(C)(C)OC(N)=O)c2)nc1-c1ccc2c(c1)CCN2S(=O)(=O)c1ccccc1[N+](=O)[O-].